The monoisotopic (exact) mass is 638 g/mol. The minimum Gasteiger partial charge on any atom is -0.444 e. The van der Waals surface area contributed by atoms with Crippen LogP contribution >= 0.6 is 0 Å². The van der Waals surface area contributed by atoms with Gasteiger partial charge in [-0.3, -0.25) is 4.90 Å². The third-order valence-electron chi connectivity index (χ3n) is 11.5. The lowest BCUT2D eigenvalue weighted by Crippen LogP contribution is -2.41. The summed E-state index contributed by atoms with van der Waals surface area (Å²) in [7, 11) is 1.89. The lowest BCUT2D eigenvalue weighted by Gasteiger charge is -2.40. The third-order valence-corrected chi connectivity index (χ3v) is 11.5. The maximum Gasteiger partial charge on any atom is 0.495 e. The highest BCUT2D eigenvalue weighted by Gasteiger charge is 2.53. The van der Waals surface area contributed by atoms with Crippen molar-refractivity contribution in [3.8, 4) is 22.4 Å². The number of imidazole rings is 1. The maximum absolute atomic E-state index is 12.9. The van der Waals surface area contributed by atoms with Gasteiger partial charge in [-0.15, -0.1) is 0 Å². The number of carbonyl (C=O) groups excluding carboxylic acids is 1. The summed E-state index contributed by atoms with van der Waals surface area (Å²) in [6.45, 7) is 17.2. The topological polar surface area (TPSA) is 79.9 Å². The molecule has 4 aliphatic rings. The molecule has 3 fully saturated rings. The molecular weight excluding hydrogens is 587 g/mol. The Morgan fingerprint density at radius 3 is 2.28 bits per heavy atom. The molecule has 1 N–H and O–H groups in total. The van der Waals surface area contributed by atoms with Gasteiger partial charge in [-0.05, 0) is 146 Å². The molecular formula is C38H51BN4O4. The Kier molecular flexibility index (Phi) is 7.92. The lowest BCUT2D eigenvalue weighted by molar-refractivity contribution is 0.00578. The standard InChI is InChI=1S/C38H51BN4O4/c1-35(2,3)45-34(44)43-21-9-10-31(43)33-40-24-30(41-33)26-13-11-25(12-14-26)27-15-16-29(39-46-36(4,5)37(6,7)47-39)28-17-18-38(32(27)28)19-22-42(8)23-20-38/h11-16,24,31H,9-10,17-23H2,1-8H3,(H,40,41). The molecule has 0 radical (unpaired) electrons. The number of aromatic nitrogens is 2. The van der Waals surface area contributed by atoms with Crippen molar-refractivity contribution in [1.29, 1.82) is 0 Å². The first-order valence-electron chi connectivity index (χ1n) is 17.5. The van der Waals surface area contributed by atoms with Crippen molar-refractivity contribution in [3.05, 3.63) is 59.5 Å². The van der Waals surface area contributed by atoms with Crippen LogP contribution in [0, 0.1) is 0 Å². The van der Waals surface area contributed by atoms with E-state index in [4.69, 9.17) is 19.0 Å². The van der Waals surface area contributed by atoms with Gasteiger partial charge in [-0.2, -0.15) is 0 Å². The number of hydrogen-bond acceptors (Lipinski definition) is 6. The molecule has 1 aliphatic carbocycles. The second kappa shape index (κ2) is 11.5. The van der Waals surface area contributed by atoms with Gasteiger partial charge >= 0.3 is 13.2 Å². The van der Waals surface area contributed by atoms with E-state index in [1.165, 1.54) is 47.0 Å². The largest absolute Gasteiger partial charge is 0.495 e. The highest BCUT2D eigenvalue weighted by Crippen LogP contribution is 2.50. The summed E-state index contributed by atoms with van der Waals surface area (Å²) in [5, 5.41) is 0. The van der Waals surface area contributed by atoms with Gasteiger partial charge in [0.05, 0.1) is 29.1 Å². The van der Waals surface area contributed by atoms with Crippen LogP contribution in [0.3, 0.4) is 0 Å². The Morgan fingerprint density at radius 2 is 1.62 bits per heavy atom. The van der Waals surface area contributed by atoms with Crippen LogP contribution in [0.15, 0.2) is 42.6 Å². The van der Waals surface area contributed by atoms with E-state index in [9.17, 15) is 4.79 Å². The Hall–Kier alpha value is -3.14. The fourth-order valence-corrected chi connectivity index (χ4v) is 8.08. The van der Waals surface area contributed by atoms with Crippen molar-refractivity contribution in [1.82, 2.24) is 19.8 Å². The van der Waals surface area contributed by atoms with Crippen molar-refractivity contribution in [3.63, 3.8) is 0 Å². The number of nitrogens with zero attached hydrogens (tertiary/aromatic N) is 3. The van der Waals surface area contributed by atoms with Crippen molar-refractivity contribution in [2.24, 2.45) is 0 Å². The zero-order valence-electron chi connectivity index (χ0n) is 29.5. The van der Waals surface area contributed by atoms with Gasteiger partial charge in [0.15, 0.2) is 0 Å². The number of nitrogens with one attached hydrogen (secondary N) is 1. The first kappa shape index (κ1) is 32.4. The SMILES string of the molecule is CN1CCC2(CCc3c(B4OC(C)(C)C(C)(C)O4)ccc(-c4ccc(-c5cnc(C6CCCN6C(=O)OC(C)(C)C)[nH]5)cc4)c32)CC1. The number of hydrogen-bond donors (Lipinski definition) is 1. The molecule has 9 heteroatoms. The van der Waals surface area contributed by atoms with E-state index in [0.717, 1.165) is 49.4 Å². The average molecular weight is 639 g/mol. The summed E-state index contributed by atoms with van der Waals surface area (Å²) >= 11 is 0. The molecule has 250 valence electrons. The number of piperidine rings is 1. The second-order valence-electron chi connectivity index (χ2n) is 16.3. The third kappa shape index (κ3) is 5.82. The minimum absolute atomic E-state index is 0.103. The fraction of sp³-hybridized carbons (Fsp3) is 0.579. The van der Waals surface area contributed by atoms with Gasteiger partial charge in [0.25, 0.3) is 0 Å². The van der Waals surface area contributed by atoms with Crippen molar-refractivity contribution < 1.29 is 18.8 Å². The molecule has 3 aliphatic heterocycles. The predicted octanol–water partition coefficient (Wildman–Crippen LogP) is 7.02. The van der Waals surface area contributed by atoms with Crippen LogP contribution in [0.2, 0.25) is 0 Å². The van der Waals surface area contributed by atoms with Gasteiger partial charge in [-0.25, -0.2) is 9.78 Å². The molecule has 0 bridgehead atoms. The summed E-state index contributed by atoms with van der Waals surface area (Å²) in [5.41, 5.74) is 7.64. The number of ether oxygens (including phenoxy) is 1. The number of benzene rings is 2. The first-order chi connectivity index (χ1) is 22.2. The predicted molar refractivity (Wildman–Crippen MR) is 187 cm³/mol. The van der Waals surface area contributed by atoms with E-state index in [0.29, 0.717) is 6.54 Å². The molecule has 0 saturated carbocycles. The number of likely N-dealkylation sites (tertiary alicyclic amines) is 2. The van der Waals surface area contributed by atoms with Gasteiger partial charge in [0, 0.05) is 6.54 Å². The molecule has 4 heterocycles. The summed E-state index contributed by atoms with van der Waals surface area (Å²) in [4.78, 5) is 25.4. The number of rotatable bonds is 4. The molecule has 8 nitrogen and oxygen atoms in total. The average Bonchev–Trinajstić information content (AvgIpc) is 3.79. The Morgan fingerprint density at radius 1 is 0.957 bits per heavy atom. The number of carbonyl (C=O) groups is 1. The highest BCUT2D eigenvalue weighted by molar-refractivity contribution is 6.62. The molecule has 47 heavy (non-hydrogen) atoms. The van der Waals surface area contributed by atoms with Gasteiger partial charge < -0.3 is 23.9 Å². The quantitative estimate of drug-likeness (QED) is 0.310. The Bertz CT molecular complexity index is 1630. The van der Waals surface area contributed by atoms with E-state index in [1.54, 1.807) is 0 Å². The molecule has 1 spiro atoms. The normalized spacial score (nSPS) is 23.4. The second-order valence-corrected chi connectivity index (χ2v) is 16.3. The molecule has 7 rings (SSSR count). The highest BCUT2D eigenvalue weighted by atomic mass is 16.7. The fourth-order valence-electron chi connectivity index (χ4n) is 8.08. The van der Waals surface area contributed by atoms with E-state index < -0.39 is 5.60 Å². The maximum atomic E-state index is 12.9. The van der Waals surface area contributed by atoms with Crippen LogP contribution in [0.25, 0.3) is 22.4 Å². The number of H-pyrrole nitrogens is 1. The number of aromatic amines is 1. The zero-order valence-corrected chi connectivity index (χ0v) is 29.5. The molecule has 3 saturated heterocycles. The Balaban J connectivity index is 1.19. The lowest BCUT2D eigenvalue weighted by atomic mass is 9.68. The van der Waals surface area contributed by atoms with Crippen LogP contribution in [0.4, 0.5) is 4.79 Å². The van der Waals surface area contributed by atoms with Crippen LogP contribution in [-0.4, -0.2) is 76.5 Å². The summed E-state index contributed by atoms with van der Waals surface area (Å²) < 4.78 is 18.9. The smallest absolute Gasteiger partial charge is 0.444 e. The van der Waals surface area contributed by atoms with Gasteiger partial charge in [0.2, 0.25) is 0 Å². The van der Waals surface area contributed by atoms with Crippen molar-refractivity contribution >= 4 is 18.7 Å². The van der Waals surface area contributed by atoms with Crippen molar-refractivity contribution in [2.75, 3.05) is 26.7 Å². The van der Waals surface area contributed by atoms with Crippen LogP contribution < -0.4 is 5.46 Å². The van der Waals surface area contributed by atoms with E-state index in [1.807, 2.05) is 31.9 Å². The summed E-state index contributed by atoms with van der Waals surface area (Å²) in [5.74, 6) is 0.813. The number of amides is 1. The summed E-state index contributed by atoms with van der Waals surface area (Å²) in [6.07, 6.45) is 8.00. The van der Waals surface area contributed by atoms with E-state index in [2.05, 4.69) is 81.0 Å². The van der Waals surface area contributed by atoms with E-state index >= 15 is 0 Å². The van der Waals surface area contributed by atoms with Crippen molar-refractivity contribution in [2.45, 2.75) is 115 Å². The summed E-state index contributed by atoms with van der Waals surface area (Å²) in [6, 6.07) is 13.4. The Labute approximate surface area is 280 Å². The van der Waals surface area contributed by atoms with Gasteiger partial charge in [0.1, 0.15) is 11.4 Å². The molecule has 1 atom stereocenters. The first-order valence-corrected chi connectivity index (χ1v) is 17.5. The molecule has 1 aromatic heterocycles. The molecule has 1 amide bonds. The minimum atomic E-state index is -0.528. The van der Waals surface area contributed by atoms with E-state index in [-0.39, 0.29) is 35.9 Å². The molecule has 1 unspecified atom stereocenters. The van der Waals surface area contributed by atoms with Crippen LogP contribution in [-0.2, 0) is 25.9 Å². The molecule has 2 aromatic carbocycles. The van der Waals surface area contributed by atoms with Crippen LogP contribution in [0.1, 0.15) is 104 Å². The van der Waals surface area contributed by atoms with Crippen LogP contribution in [0.5, 0.6) is 0 Å². The number of fused-ring (bicyclic) bond motifs is 2. The molecule has 3 aromatic rings. The van der Waals surface area contributed by atoms with Gasteiger partial charge in [-0.1, -0.05) is 36.4 Å². The zero-order chi connectivity index (χ0) is 33.4.